The molecule has 2 heterocycles. The number of anilines is 1. The first kappa shape index (κ1) is 18.7. The van der Waals surface area contributed by atoms with Crippen molar-refractivity contribution in [1.82, 2.24) is 10.3 Å². The molecule has 5 heteroatoms. The lowest BCUT2D eigenvalue weighted by molar-refractivity contribution is -0.0814. The second kappa shape index (κ2) is 8.47. The lowest BCUT2D eigenvalue weighted by Gasteiger charge is -2.40. The third-order valence-electron chi connectivity index (χ3n) is 4.40. The van der Waals surface area contributed by atoms with Gasteiger partial charge in [0.15, 0.2) is 0 Å². The quantitative estimate of drug-likeness (QED) is 0.837. The number of nitrogens with zero attached hydrogens (tertiary/aromatic N) is 1. The molecule has 5 nitrogen and oxygen atoms in total. The van der Waals surface area contributed by atoms with E-state index in [9.17, 15) is 4.79 Å². The van der Waals surface area contributed by atoms with Gasteiger partial charge in [0.1, 0.15) is 5.82 Å². The molecule has 1 aromatic heterocycles. The molecular formula is C19H31N3O2. The van der Waals surface area contributed by atoms with Crippen LogP contribution in [0.4, 0.5) is 5.82 Å². The minimum Gasteiger partial charge on any atom is -0.377 e. The van der Waals surface area contributed by atoms with Gasteiger partial charge in [-0.3, -0.25) is 4.79 Å². The van der Waals surface area contributed by atoms with Crippen molar-refractivity contribution >= 4 is 11.7 Å². The maximum absolute atomic E-state index is 11.9. The average molecular weight is 333 g/mol. The maximum atomic E-state index is 11.9. The first-order chi connectivity index (χ1) is 11.4. The SMILES string of the molecule is CCCNC(=O)c1ccc(NCC2CCCOC2C(C)(C)C)nc1. The van der Waals surface area contributed by atoms with Crippen LogP contribution in [0.1, 0.15) is 57.3 Å². The van der Waals surface area contributed by atoms with Gasteiger partial charge in [-0.25, -0.2) is 4.98 Å². The molecule has 1 saturated heterocycles. The predicted molar refractivity (Wildman–Crippen MR) is 97.3 cm³/mol. The molecule has 2 atom stereocenters. The Labute approximate surface area is 145 Å². The Morgan fingerprint density at radius 3 is 2.79 bits per heavy atom. The second-order valence-electron chi connectivity index (χ2n) is 7.63. The molecule has 0 saturated carbocycles. The topological polar surface area (TPSA) is 63.2 Å². The van der Waals surface area contributed by atoms with Crippen molar-refractivity contribution in [2.75, 3.05) is 25.0 Å². The number of ether oxygens (including phenoxy) is 1. The Bertz CT molecular complexity index is 522. The van der Waals surface area contributed by atoms with Crippen LogP contribution in [-0.2, 0) is 4.74 Å². The summed E-state index contributed by atoms with van der Waals surface area (Å²) in [6.07, 6.45) is 5.11. The number of amides is 1. The fourth-order valence-electron chi connectivity index (χ4n) is 3.22. The van der Waals surface area contributed by atoms with Gasteiger partial charge in [0.2, 0.25) is 0 Å². The molecule has 0 aliphatic carbocycles. The molecule has 1 aliphatic rings. The number of hydrogen-bond acceptors (Lipinski definition) is 4. The minimum absolute atomic E-state index is 0.0654. The van der Waals surface area contributed by atoms with E-state index in [1.165, 1.54) is 6.42 Å². The number of carbonyl (C=O) groups is 1. The van der Waals surface area contributed by atoms with E-state index in [1.807, 2.05) is 19.1 Å². The van der Waals surface area contributed by atoms with E-state index in [1.54, 1.807) is 6.20 Å². The van der Waals surface area contributed by atoms with Crippen molar-refractivity contribution in [1.29, 1.82) is 0 Å². The lowest BCUT2D eigenvalue weighted by atomic mass is 9.78. The van der Waals surface area contributed by atoms with E-state index in [4.69, 9.17) is 4.74 Å². The van der Waals surface area contributed by atoms with Crippen LogP contribution in [0, 0.1) is 11.3 Å². The molecule has 2 N–H and O–H groups in total. The molecule has 1 aromatic rings. The van der Waals surface area contributed by atoms with E-state index in [0.29, 0.717) is 18.0 Å². The van der Waals surface area contributed by atoms with Gasteiger partial charge in [-0.1, -0.05) is 27.7 Å². The van der Waals surface area contributed by atoms with Crippen molar-refractivity contribution in [3.63, 3.8) is 0 Å². The summed E-state index contributed by atoms with van der Waals surface area (Å²) in [5, 5.41) is 6.26. The zero-order chi connectivity index (χ0) is 17.6. The Morgan fingerprint density at radius 1 is 1.38 bits per heavy atom. The van der Waals surface area contributed by atoms with Crippen molar-refractivity contribution in [3.05, 3.63) is 23.9 Å². The number of carbonyl (C=O) groups excluding carboxylic acids is 1. The highest BCUT2D eigenvalue weighted by Crippen LogP contribution is 2.34. The van der Waals surface area contributed by atoms with Gasteiger partial charge < -0.3 is 15.4 Å². The molecule has 2 rings (SSSR count). The summed E-state index contributed by atoms with van der Waals surface area (Å²) in [5.74, 6) is 1.22. The summed E-state index contributed by atoms with van der Waals surface area (Å²) >= 11 is 0. The average Bonchev–Trinajstić information content (AvgIpc) is 2.57. The van der Waals surface area contributed by atoms with Crippen molar-refractivity contribution in [2.45, 2.75) is 53.1 Å². The Hall–Kier alpha value is -1.62. The van der Waals surface area contributed by atoms with E-state index in [0.717, 1.165) is 31.8 Å². The summed E-state index contributed by atoms with van der Waals surface area (Å²) in [6, 6.07) is 3.69. The fraction of sp³-hybridized carbons (Fsp3) is 0.684. The largest absolute Gasteiger partial charge is 0.377 e. The summed E-state index contributed by atoms with van der Waals surface area (Å²) in [6.45, 7) is 11.1. The fourth-order valence-corrected chi connectivity index (χ4v) is 3.22. The van der Waals surface area contributed by atoms with Crippen LogP contribution < -0.4 is 10.6 Å². The summed E-state index contributed by atoms with van der Waals surface area (Å²) in [7, 11) is 0. The Balaban J connectivity index is 1.90. The molecular weight excluding hydrogens is 302 g/mol. The van der Waals surface area contributed by atoms with Crippen LogP contribution in [-0.4, -0.2) is 36.7 Å². The van der Waals surface area contributed by atoms with E-state index in [-0.39, 0.29) is 17.4 Å². The number of hydrogen-bond donors (Lipinski definition) is 2. The van der Waals surface area contributed by atoms with Crippen molar-refractivity contribution < 1.29 is 9.53 Å². The van der Waals surface area contributed by atoms with Crippen LogP contribution in [0.2, 0.25) is 0 Å². The van der Waals surface area contributed by atoms with Crippen LogP contribution in [0.15, 0.2) is 18.3 Å². The first-order valence-electron chi connectivity index (χ1n) is 9.01. The van der Waals surface area contributed by atoms with Gasteiger partial charge >= 0.3 is 0 Å². The lowest BCUT2D eigenvalue weighted by Crippen LogP contribution is -2.42. The second-order valence-corrected chi connectivity index (χ2v) is 7.63. The van der Waals surface area contributed by atoms with Gasteiger partial charge in [-0.05, 0) is 36.8 Å². The highest BCUT2D eigenvalue weighted by Gasteiger charge is 2.35. The van der Waals surface area contributed by atoms with Gasteiger partial charge in [0.05, 0.1) is 11.7 Å². The molecule has 2 unspecified atom stereocenters. The highest BCUT2D eigenvalue weighted by molar-refractivity contribution is 5.93. The molecule has 1 amide bonds. The third-order valence-corrected chi connectivity index (χ3v) is 4.40. The van der Waals surface area contributed by atoms with E-state index < -0.39 is 0 Å². The molecule has 134 valence electrons. The predicted octanol–water partition coefficient (Wildman–Crippen LogP) is 3.47. The molecule has 0 aromatic carbocycles. The van der Waals surface area contributed by atoms with E-state index in [2.05, 4.69) is 36.4 Å². The monoisotopic (exact) mass is 333 g/mol. The number of aromatic nitrogens is 1. The van der Waals surface area contributed by atoms with Gasteiger partial charge in [-0.2, -0.15) is 0 Å². The van der Waals surface area contributed by atoms with E-state index >= 15 is 0 Å². The van der Waals surface area contributed by atoms with Crippen molar-refractivity contribution in [2.24, 2.45) is 11.3 Å². The summed E-state index contributed by atoms with van der Waals surface area (Å²) < 4.78 is 6.02. The molecule has 0 spiro atoms. The Kier molecular flexibility index (Phi) is 6.60. The normalized spacial score (nSPS) is 21.3. The zero-order valence-electron chi connectivity index (χ0n) is 15.4. The Morgan fingerprint density at radius 2 is 2.17 bits per heavy atom. The van der Waals surface area contributed by atoms with Gasteiger partial charge in [-0.15, -0.1) is 0 Å². The summed E-state index contributed by atoms with van der Waals surface area (Å²) in [4.78, 5) is 16.3. The van der Waals surface area contributed by atoms with Crippen LogP contribution in [0.5, 0.6) is 0 Å². The highest BCUT2D eigenvalue weighted by atomic mass is 16.5. The molecule has 24 heavy (non-hydrogen) atoms. The third kappa shape index (κ3) is 5.20. The van der Waals surface area contributed by atoms with Crippen LogP contribution in [0.3, 0.4) is 0 Å². The van der Waals surface area contributed by atoms with Crippen molar-refractivity contribution in [3.8, 4) is 0 Å². The molecule has 1 aliphatic heterocycles. The molecule has 1 fully saturated rings. The van der Waals surface area contributed by atoms with Gasteiger partial charge in [0, 0.05) is 31.8 Å². The molecule has 0 bridgehead atoms. The smallest absolute Gasteiger partial charge is 0.252 e. The first-order valence-corrected chi connectivity index (χ1v) is 9.01. The molecule has 0 radical (unpaired) electrons. The number of pyridine rings is 1. The maximum Gasteiger partial charge on any atom is 0.252 e. The standard InChI is InChI=1S/C19H31N3O2/c1-5-10-20-18(23)15-8-9-16(22-13-15)21-12-14-7-6-11-24-17(14)19(2,3)4/h8-9,13-14,17H,5-7,10-12H2,1-4H3,(H,20,23)(H,21,22). The minimum atomic E-state index is -0.0654. The van der Waals surface area contributed by atoms with Crippen LogP contribution in [0.25, 0.3) is 0 Å². The van der Waals surface area contributed by atoms with Crippen LogP contribution >= 0.6 is 0 Å². The number of nitrogens with one attached hydrogen (secondary N) is 2. The number of rotatable bonds is 6. The zero-order valence-corrected chi connectivity index (χ0v) is 15.4. The summed E-state index contributed by atoms with van der Waals surface area (Å²) in [5.41, 5.74) is 0.740. The van der Waals surface area contributed by atoms with Gasteiger partial charge in [0.25, 0.3) is 5.91 Å².